The average molecular weight is 429 g/mol. The van der Waals surface area contributed by atoms with E-state index in [1.54, 1.807) is 24.3 Å². The lowest BCUT2D eigenvalue weighted by Crippen LogP contribution is -2.46. The molecule has 2 aromatic carbocycles. The van der Waals surface area contributed by atoms with Gasteiger partial charge in [-0.25, -0.2) is 0 Å². The van der Waals surface area contributed by atoms with Crippen molar-refractivity contribution in [1.82, 2.24) is 5.32 Å². The van der Waals surface area contributed by atoms with Gasteiger partial charge in [0.05, 0.1) is 11.0 Å². The number of nitrogens with one attached hydrogen (secondary N) is 1. The third-order valence-corrected chi connectivity index (χ3v) is 3.78. The Balaban J connectivity index is 2.05. The van der Waals surface area contributed by atoms with Gasteiger partial charge in [-0.3, -0.25) is 14.9 Å². The number of carbonyl (C=O) groups excluding carboxylic acids is 1. The topological polar surface area (TPSA) is 81.5 Å². The SMILES string of the molecule is O=C(NC(COc1ccc([N+](=O)[O-])cc1)Cc1ccccc1)C(F)(F)Br. The summed E-state index contributed by atoms with van der Waals surface area (Å²) in [5.74, 6) is -1.14. The Kier molecular flexibility index (Phi) is 6.62. The van der Waals surface area contributed by atoms with E-state index in [1.165, 1.54) is 24.3 Å². The molecule has 138 valence electrons. The Morgan fingerprint density at radius 3 is 2.35 bits per heavy atom. The Hall–Kier alpha value is -2.55. The second-order valence-corrected chi connectivity index (χ2v) is 6.42. The average Bonchev–Trinajstić information content (AvgIpc) is 2.60. The maximum Gasteiger partial charge on any atom is 0.377 e. The van der Waals surface area contributed by atoms with Gasteiger partial charge in [0.15, 0.2) is 0 Å². The van der Waals surface area contributed by atoms with Crippen LogP contribution in [-0.4, -0.2) is 28.3 Å². The van der Waals surface area contributed by atoms with E-state index >= 15 is 0 Å². The van der Waals surface area contributed by atoms with E-state index in [9.17, 15) is 23.7 Å². The summed E-state index contributed by atoms with van der Waals surface area (Å²) in [5.41, 5.74) is 0.744. The van der Waals surface area contributed by atoms with Crippen LogP contribution < -0.4 is 10.1 Å². The summed E-state index contributed by atoms with van der Waals surface area (Å²) in [5, 5.41) is 12.9. The molecule has 0 bridgehead atoms. The summed E-state index contributed by atoms with van der Waals surface area (Å²) in [6.45, 7) is -0.0818. The Morgan fingerprint density at radius 2 is 1.81 bits per heavy atom. The molecule has 6 nitrogen and oxygen atoms in total. The van der Waals surface area contributed by atoms with Gasteiger partial charge in [-0.05, 0) is 24.1 Å². The van der Waals surface area contributed by atoms with Crippen LogP contribution in [0.5, 0.6) is 5.75 Å². The molecule has 0 fully saturated rings. The van der Waals surface area contributed by atoms with Gasteiger partial charge < -0.3 is 10.1 Å². The van der Waals surface area contributed by atoms with E-state index in [-0.39, 0.29) is 18.7 Å². The molecule has 0 saturated carbocycles. The molecule has 1 N–H and O–H groups in total. The predicted molar refractivity (Wildman–Crippen MR) is 94.5 cm³/mol. The van der Waals surface area contributed by atoms with Crippen molar-refractivity contribution in [3.63, 3.8) is 0 Å². The Bertz CT molecular complexity index is 752. The summed E-state index contributed by atoms with van der Waals surface area (Å²) in [4.78, 5) is 18.0. The van der Waals surface area contributed by atoms with Gasteiger partial charge >= 0.3 is 10.7 Å². The smallest absolute Gasteiger partial charge is 0.377 e. The highest BCUT2D eigenvalue weighted by atomic mass is 79.9. The standard InChI is InChI=1S/C17H15BrF2N2O4/c18-17(19,20)16(23)21-13(10-12-4-2-1-3-5-12)11-26-15-8-6-14(7-9-15)22(24)25/h1-9,13H,10-11H2,(H,21,23). The van der Waals surface area contributed by atoms with Gasteiger partial charge in [0.2, 0.25) is 0 Å². The van der Waals surface area contributed by atoms with Crippen LogP contribution in [0.25, 0.3) is 0 Å². The minimum Gasteiger partial charge on any atom is -0.491 e. The van der Waals surface area contributed by atoms with Crippen molar-refractivity contribution < 1.29 is 23.2 Å². The van der Waals surface area contributed by atoms with E-state index in [0.717, 1.165) is 5.56 Å². The van der Waals surface area contributed by atoms with E-state index in [2.05, 4.69) is 5.32 Å². The van der Waals surface area contributed by atoms with Crippen LogP contribution in [0, 0.1) is 10.1 Å². The number of nitro groups is 1. The third-order valence-electron chi connectivity index (χ3n) is 3.42. The number of alkyl halides is 3. The zero-order valence-corrected chi connectivity index (χ0v) is 15.0. The van der Waals surface area contributed by atoms with Crippen molar-refractivity contribution in [3.8, 4) is 5.75 Å². The molecule has 1 unspecified atom stereocenters. The molecule has 0 radical (unpaired) electrons. The molecule has 0 aliphatic rings. The van der Waals surface area contributed by atoms with Crippen LogP contribution in [-0.2, 0) is 11.2 Å². The first-order valence-electron chi connectivity index (χ1n) is 7.54. The number of amides is 1. The largest absolute Gasteiger partial charge is 0.491 e. The van der Waals surface area contributed by atoms with Gasteiger partial charge in [0.25, 0.3) is 5.69 Å². The Labute approximate surface area is 156 Å². The van der Waals surface area contributed by atoms with Crippen molar-refractivity contribution in [2.24, 2.45) is 0 Å². The lowest BCUT2D eigenvalue weighted by molar-refractivity contribution is -0.384. The molecule has 0 aliphatic carbocycles. The fourth-order valence-electron chi connectivity index (χ4n) is 2.18. The number of ether oxygens (including phenoxy) is 1. The van der Waals surface area contributed by atoms with E-state index in [4.69, 9.17) is 4.74 Å². The molecule has 9 heteroatoms. The number of benzene rings is 2. The Morgan fingerprint density at radius 1 is 1.19 bits per heavy atom. The van der Waals surface area contributed by atoms with Crippen molar-refractivity contribution in [3.05, 3.63) is 70.3 Å². The maximum absolute atomic E-state index is 13.1. The predicted octanol–water partition coefficient (Wildman–Crippen LogP) is 3.69. The summed E-state index contributed by atoms with van der Waals surface area (Å²) in [6, 6.07) is 13.6. The number of carbonyl (C=O) groups is 1. The van der Waals surface area contributed by atoms with Crippen LogP contribution in [0.2, 0.25) is 0 Å². The lowest BCUT2D eigenvalue weighted by atomic mass is 10.1. The van der Waals surface area contributed by atoms with Crippen LogP contribution in [0.4, 0.5) is 14.5 Å². The first-order valence-corrected chi connectivity index (χ1v) is 8.34. The summed E-state index contributed by atoms with van der Waals surface area (Å²) >= 11 is 2.03. The summed E-state index contributed by atoms with van der Waals surface area (Å²) in [7, 11) is 0. The highest BCUT2D eigenvalue weighted by Crippen LogP contribution is 2.22. The third kappa shape index (κ3) is 6.07. The molecule has 1 amide bonds. The number of nitro benzene ring substituents is 1. The quantitative estimate of drug-likeness (QED) is 0.394. The van der Waals surface area contributed by atoms with E-state index < -0.39 is 21.7 Å². The normalized spacial score (nSPS) is 12.3. The highest BCUT2D eigenvalue weighted by Gasteiger charge is 2.36. The highest BCUT2D eigenvalue weighted by molar-refractivity contribution is 9.10. The molecular formula is C17H15BrF2N2O4. The number of nitrogens with zero attached hydrogens (tertiary/aromatic N) is 1. The molecule has 2 rings (SSSR count). The number of rotatable bonds is 8. The van der Waals surface area contributed by atoms with Crippen LogP contribution >= 0.6 is 15.9 Å². The minimum atomic E-state index is -3.69. The first kappa shape index (κ1) is 19.8. The molecule has 1 atom stereocenters. The molecule has 0 heterocycles. The molecule has 0 aliphatic heterocycles. The zero-order chi connectivity index (χ0) is 19.2. The molecule has 0 aromatic heterocycles. The maximum atomic E-state index is 13.1. The monoisotopic (exact) mass is 428 g/mol. The fraction of sp³-hybridized carbons (Fsp3) is 0.235. The second kappa shape index (κ2) is 8.70. The molecule has 26 heavy (non-hydrogen) atoms. The fourth-order valence-corrected chi connectivity index (χ4v) is 2.29. The molecule has 0 saturated heterocycles. The van der Waals surface area contributed by atoms with Gasteiger partial charge in [-0.2, -0.15) is 8.78 Å². The number of hydrogen-bond acceptors (Lipinski definition) is 4. The summed E-state index contributed by atoms with van der Waals surface area (Å²) in [6.07, 6.45) is 0.280. The molecule has 0 spiro atoms. The van der Waals surface area contributed by atoms with Gasteiger partial charge in [-0.15, -0.1) is 0 Å². The second-order valence-electron chi connectivity index (χ2n) is 5.42. The van der Waals surface area contributed by atoms with E-state index in [1.807, 2.05) is 22.0 Å². The molecular weight excluding hydrogens is 414 g/mol. The summed E-state index contributed by atoms with van der Waals surface area (Å²) < 4.78 is 31.7. The van der Waals surface area contributed by atoms with Crippen LogP contribution in [0.15, 0.2) is 54.6 Å². The van der Waals surface area contributed by atoms with E-state index in [0.29, 0.717) is 5.75 Å². The van der Waals surface area contributed by atoms with Gasteiger partial charge in [-0.1, -0.05) is 30.3 Å². The van der Waals surface area contributed by atoms with Crippen LogP contribution in [0.1, 0.15) is 5.56 Å². The minimum absolute atomic E-state index is 0.0818. The van der Waals surface area contributed by atoms with Crippen molar-refractivity contribution >= 4 is 27.5 Å². The number of non-ortho nitro benzene ring substituents is 1. The van der Waals surface area contributed by atoms with Crippen molar-refractivity contribution in [1.29, 1.82) is 0 Å². The van der Waals surface area contributed by atoms with Crippen molar-refractivity contribution in [2.45, 2.75) is 17.3 Å². The van der Waals surface area contributed by atoms with Gasteiger partial charge in [0, 0.05) is 28.1 Å². The van der Waals surface area contributed by atoms with Gasteiger partial charge in [0.1, 0.15) is 12.4 Å². The zero-order valence-electron chi connectivity index (χ0n) is 13.4. The lowest BCUT2D eigenvalue weighted by Gasteiger charge is -2.21. The first-order chi connectivity index (χ1) is 12.3. The molecule has 2 aromatic rings. The van der Waals surface area contributed by atoms with Crippen LogP contribution in [0.3, 0.4) is 0 Å². The van der Waals surface area contributed by atoms with Crippen molar-refractivity contribution in [2.75, 3.05) is 6.61 Å². The number of halogens is 3. The number of hydrogen-bond donors (Lipinski definition) is 1.